The predicted molar refractivity (Wildman–Crippen MR) is 123 cm³/mol. The van der Waals surface area contributed by atoms with E-state index < -0.39 is 11.6 Å². The van der Waals surface area contributed by atoms with Gasteiger partial charge in [-0.25, -0.2) is 4.79 Å². The Morgan fingerprint density at radius 3 is 2.52 bits per heavy atom. The van der Waals surface area contributed by atoms with Crippen molar-refractivity contribution in [2.24, 2.45) is 0 Å². The molecule has 8 heteroatoms. The van der Waals surface area contributed by atoms with Crippen LogP contribution in [0, 0.1) is 0 Å². The second kappa shape index (κ2) is 8.09. The highest BCUT2D eigenvalue weighted by molar-refractivity contribution is 6.42. The average Bonchev–Trinajstić information content (AvgIpc) is 2.89. The Hall–Kier alpha value is -2.70. The lowest BCUT2D eigenvalue weighted by Gasteiger charge is -2.33. The highest BCUT2D eigenvalue weighted by Gasteiger charge is 2.49. The smallest absolute Gasteiger partial charge is 0.322 e. The van der Waals surface area contributed by atoms with Crippen LogP contribution in [0.25, 0.3) is 0 Å². The first-order valence-electron chi connectivity index (χ1n) is 10.1. The van der Waals surface area contributed by atoms with Crippen LogP contribution in [0.4, 0.5) is 10.5 Å². The summed E-state index contributed by atoms with van der Waals surface area (Å²) in [6.07, 6.45) is 0. The maximum Gasteiger partial charge on any atom is 0.322 e. The lowest BCUT2D eigenvalue weighted by Crippen LogP contribution is -2.46. The van der Waals surface area contributed by atoms with E-state index in [9.17, 15) is 9.59 Å². The molecule has 4 rings (SSSR count). The van der Waals surface area contributed by atoms with E-state index in [-0.39, 0.29) is 11.9 Å². The molecule has 0 radical (unpaired) electrons. The van der Waals surface area contributed by atoms with Crippen LogP contribution in [0.2, 0.25) is 10.0 Å². The second-order valence-corrected chi connectivity index (χ2v) is 9.02. The molecule has 0 saturated carbocycles. The zero-order chi connectivity index (χ0) is 22.3. The number of anilines is 1. The van der Waals surface area contributed by atoms with Crippen molar-refractivity contribution in [1.82, 2.24) is 15.1 Å². The normalized spacial score (nSPS) is 20.3. The molecule has 0 bridgehead atoms. The Kier molecular flexibility index (Phi) is 5.62. The lowest BCUT2D eigenvalue weighted by atomic mass is 9.93. The van der Waals surface area contributed by atoms with Gasteiger partial charge in [-0.2, -0.15) is 0 Å². The summed E-state index contributed by atoms with van der Waals surface area (Å²) in [5, 5.41) is 7.14. The number of rotatable bonds is 2. The van der Waals surface area contributed by atoms with E-state index >= 15 is 0 Å². The van der Waals surface area contributed by atoms with E-state index in [2.05, 4.69) is 10.6 Å². The third-order valence-corrected chi connectivity index (χ3v) is 6.78. The van der Waals surface area contributed by atoms with Gasteiger partial charge in [-0.15, -0.1) is 0 Å². The fourth-order valence-electron chi connectivity index (χ4n) is 4.15. The quantitative estimate of drug-likeness (QED) is 0.686. The Bertz CT molecular complexity index is 1070. The number of hydrogen-bond donors (Lipinski definition) is 2. The van der Waals surface area contributed by atoms with Crippen molar-refractivity contribution in [1.29, 1.82) is 0 Å². The van der Waals surface area contributed by atoms with Gasteiger partial charge in [0.15, 0.2) is 0 Å². The third kappa shape index (κ3) is 3.75. The summed E-state index contributed by atoms with van der Waals surface area (Å²) in [4.78, 5) is 30.1. The molecular formula is C23H24Cl2N4O2. The Balaban J connectivity index is 1.83. The van der Waals surface area contributed by atoms with Gasteiger partial charge in [0.2, 0.25) is 0 Å². The molecule has 0 aliphatic carbocycles. The van der Waals surface area contributed by atoms with E-state index in [0.29, 0.717) is 34.4 Å². The monoisotopic (exact) mass is 458 g/mol. The van der Waals surface area contributed by atoms with Crippen molar-refractivity contribution in [3.05, 3.63) is 75.4 Å². The fraction of sp³-hybridized carbons (Fsp3) is 0.304. The van der Waals surface area contributed by atoms with Crippen molar-refractivity contribution >= 4 is 40.8 Å². The zero-order valence-electron chi connectivity index (χ0n) is 17.6. The molecule has 2 aromatic rings. The number of halogens is 2. The van der Waals surface area contributed by atoms with Gasteiger partial charge in [0.1, 0.15) is 0 Å². The topological polar surface area (TPSA) is 64.7 Å². The number of amides is 3. The average molecular weight is 459 g/mol. The molecule has 0 fully saturated rings. The van der Waals surface area contributed by atoms with Gasteiger partial charge in [0, 0.05) is 31.5 Å². The molecule has 2 heterocycles. The molecule has 162 valence electrons. The lowest BCUT2D eigenvalue weighted by molar-refractivity contribution is -0.127. The number of hydrogen-bond acceptors (Lipinski definition) is 3. The van der Waals surface area contributed by atoms with Gasteiger partial charge in [0.25, 0.3) is 5.91 Å². The molecule has 0 saturated heterocycles. The zero-order valence-corrected chi connectivity index (χ0v) is 19.1. The van der Waals surface area contributed by atoms with Gasteiger partial charge < -0.3 is 20.4 Å². The highest BCUT2D eigenvalue weighted by Crippen LogP contribution is 2.43. The molecule has 1 unspecified atom stereocenters. The van der Waals surface area contributed by atoms with Crippen LogP contribution in [0.1, 0.15) is 25.5 Å². The Labute approximate surface area is 191 Å². The Morgan fingerprint density at radius 2 is 1.84 bits per heavy atom. The molecule has 0 aromatic heterocycles. The van der Waals surface area contributed by atoms with Crippen molar-refractivity contribution in [3.8, 4) is 0 Å². The molecule has 1 atom stereocenters. The summed E-state index contributed by atoms with van der Waals surface area (Å²) < 4.78 is 0. The summed E-state index contributed by atoms with van der Waals surface area (Å²) in [7, 11) is 1.78. The van der Waals surface area contributed by atoms with E-state index in [0.717, 1.165) is 11.3 Å². The van der Waals surface area contributed by atoms with Crippen LogP contribution >= 0.6 is 23.2 Å². The maximum absolute atomic E-state index is 13.4. The minimum Gasteiger partial charge on any atom is -0.384 e. The first-order chi connectivity index (χ1) is 14.7. The van der Waals surface area contributed by atoms with Gasteiger partial charge in [0.05, 0.1) is 27.2 Å². The summed E-state index contributed by atoms with van der Waals surface area (Å²) in [6.45, 7) is 4.91. The standard InChI is InChI=1S/C23H24Cl2N4O2/c1-23(2)20-18(21(30)28(23)3)19(14-9-10-16(24)17(25)13-14)29(12-11-26-20)22(31)27-15-7-5-4-6-8-15/h4-10,13,19,26H,11-12H2,1-3H3,(H,27,31). The predicted octanol–water partition coefficient (Wildman–Crippen LogP) is 4.68. The van der Waals surface area contributed by atoms with Crippen LogP contribution in [0.3, 0.4) is 0 Å². The molecule has 2 aromatic carbocycles. The molecular weight excluding hydrogens is 435 g/mol. The van der Waals surface area contributed by atoms with Gasteiger partial charge in [-0.3, -0.25) is 4.79 Å². The minimum absolute atomic E-state index is 0.122. The number of carbonyl (C=O) groups is 2. The molecule has 2 aliphatic heterocycles. The summed E-state index contributed by atoms with van der Waals surface area (Å²) in [5.41, 5.74) is 2.26. The number of benzene rings is 2. The van der Waals surface area contributed by atoms with Crippen LogP contribution in [-0.4, -0.2) is 47.4 Å². The number of nitrogens with one attached hydrogen (secondary N) is 2. The minimum atomic E-state index is -0.611. The SMILES string of the molecule is CN1C(=O)C2=C(NCCN(C(=O)Nc3ccccc3)C2c2ccc(Cl)c(Cl)c2)C1(C)C. The molecule has 31 heavy (non-hydrogen) atoms. The first kappa shape index (κ1) is 21.5. The number of urea groups is 1. The van der Waals surface area contributed by atoms with Crippen LogP contribution in [-0.2, 0) is 4.79 Å². The fourth-order valence-corrected chi connectivity index (χ4v) is 4.46. The van der Waals surface area contributed by atoms with Gasteiger partial charge >= 0.3 is 6.03 Å². The first-order valence-corrected chi connectivity index (χ1v) is 10.8. The van der Waals surface area contributed by atoms with Gasteiger partial charge in [-0.1, -0.05) is 47.5 Å². The molecule has 2 aliphatic rings. The van der Waals surface area contributed by atoms with Crippen LogP contribution in [0.15, 0.2) is 59.8 Å². The third-order valence-electron chi connectivity index (χ3n) is 6.04. The van der Waals surface area contributed by atoms with Crippen molar-refractivity contribution < 1.29 is 9.59 Å². The maximum atomic E-state index is 13.4. The largest absolute Gasteiger partial charge is 0.384 e. The summed E-state index contributed by atoms with van der Waals surface area (Å²) in [6, 6.07) is 13.6. The number of likely N-dealkylation sites (N-methyl/N-ethyl adjacent to an activating group) is 1. The molecule has 2 N–H and O–H groups in total. The number of para-hydroxylation sites is 1. The Morgan fingerprint density at radius 1 is 1.13 bits per heavy atom. The second-order valence-electron chi connectivity index (χ2n) is 8.20. The van der Waals surface area contributed by atoms with Crippen molar-refractivity contribution in [3.63, 3.8) is 0 Å². The van der Waals surface area contributed by atoms with E-state index in [1.54, 1.807) is 29.0 Å². The molecule has 6 nitrogen and oxygen atoms in total. The van der Waals surface area contributed by atoms with E-state index in [1.807, 2.05) is 50.2 Å². The van der Waals surface area contributed by atoms with E-state index in [4.69, 9.17) is 23.2 Å². The van der Waals surface area contributed by atoms with Crippen LogP contribution < -0.4 is 10.6 Å². The molecule has 3 amide bonds. The molecule has 0 spiro atoms. The van der Waals surface area contributed by atoms with Gasteiger partial charge in [-0.05, 0) is 43.7 Å². The number of nitrogens with zero attached hydrogens (tertiary/aromatic N) is 2. The van der Waals surface area contributed by atoms with Crippen molar-refractivity contribution in [2.75, 3.05) is 25.5 Å². The summed E-state index contributed by atoms with van der Waals surface area (Å²) >= 11 is 12.5. The highest BCUT2D eigenvalue weighted by atomic mass is 35.5. The van der Waals surface area contributed by atoms with Crippen molar-refractivity contribution in [2.45, 2.75) is 25.4 Å². The summed E-state index contributed by atoms with van der Waals surface area (Å²) in [5.74, 6) is -0.122. The van der Waals surface area contributed by atoms with E-state index in [1.165, 1.54) is 0 Å². The number of carbonyl (C=O) groups excluding carboxylic acids is 2. The van der Waals surface area contributed by atoms with Crippen LogP contribution in [0.5, 0.6) is 0 Å².